The number of nitrogens with zero attached hydrogens (tertiary/aromatic N) is 2. The smallest absolute Gasteiger partial charge is 0.337 e. The summed E-state index contributed by atoms with van der Waals surface area (Å²) in [6.45, 7) is 0. The van der Waals surface area contributed by atoms with E-state index in [0.29, 0.717) is 0 Å². The molecule has 0 aliphatic carbocycles. The van der Waals surface area contributed by atoms with E-state index in [1.165, 1.54) is 35.4 Å². The minimum absolute atomic E-state index is 0.0426. The lowest BCUT2D eigenvalue weighted by molar-refractivity contribution is 0.0698. The summed E-state index contributed by atoms with van der Waals surface area (Å²) in [6, 6.07) is 5.73. The van der Waals surface area contributed by atoms with Gasteiger partial charge in [-0.1, -0.05) is 12.1 Å². The molecule has 1 aromatic carbocycles. The molecule has 17 heavy (non-hydrogen) atoms. The largest absolute Gasteiger partial charge is 0.478 e. The molecule has 0 spiro atoms. The van der Waals surface area contributed by atoms with Gasteiger partial charge in [0.2, 0.25) is 0 Å². The molecule has 2 aromatic rings. The van der Waals surface area contributed by atoms with Gasteiger partial charge in [-0.2, -0.15) is 0 Å². The Balaban J connectivity index is 2.25. The predicted molar refractivity (Wildman–Crippen MR) is 60.0 cm³/mol. The highest BCUT2D eigenvalue weighted by Crippen LogP contribution is 2.15. The Morgan fingerprint density at radius 2 is 2.06 bits per heavy atom. The van der Waals surface area contributed by atoms with Crippen LogP contribution in [0.15, 0.2) is 43.0 Å². The highest BCUT2D eigenvalue weighted by molar-refractivity contribution is 6.00. The third-order valence-corrected chi connectivity index (χ3v) is 2.14. The topological polar surface area (TPSA) is 84.2 Å². The lowest BCUT2D eigenvalue weighted by Gasteiger charge is -2.07. The Bertz CT molecular complexity index is 549. The van der Waals surface area contributed by atoms with Gasteiger partial charge in [0, 0.05) is 12.4 Å². The van der Waals surface area contributed by atoms with Crippen molar-refractivity contribution >= 4 is 17.7 Å². The van der Waals surface area contributed by atoms with E-state index >= 15 is 0 Å². The number of imidazole rings is 1. The number of anilines is 1. The van der Waals surface area contributed by atoms with Gasteiger partial charge in [0.05, 0.1) is 11.3 Å². The first-order valence-electron chi connectivity index (χ1n) is 4.80. The first-order chi connectivity index (χ1) is 8.18. The van der Waals surface area contributed by atoms with Crippen LogP contribution in [0.2, 0.25) is 0 Å². The molecule has 0 aliphatic heterocycles. The van der Waals surface area contributed by atoms with Gasteiger partial charge >= 0.3 is 12.0 Å². The molecule has 0 unspecified atom stereocenters. The van der Waals surface area contributed by atoms with Crippen LogP contribution in [0.3, 0.4) is 0 Å². The molecule has 0 radical (unpaired) electrons. The van der Waals surface area contributed by atoms with Crippen LogP contribution < -0.4 is 5.32 Å². The third-order valence-electron chi connectivity index (χ3n) is 2.14. The van der Waals surface area contributed by atoms with Crippen molar-refractivity contribution in [3.05, 3.63) is 48.5 Å². The van der Waals surface area contributed by atoms with E-state index in [1.807, 2.05) is 0 Å². The van der Waals surface area contributed by atoms with Gasteiger partial charge in [0.25, 0.3) is 0 Å². The Hall–Kier alpha value is -2.63. The second-order valence-corrected chi connectivity index (χ2v) is 3.25. The minimum Gasteiger partial charge on any atom is -0.478 e. The van der Waals surface area contributed by atoms with Gasteiger partial charge in [-0.25, -0.2) is 14.6 Å². The SMILES string of the molecule is O=C(O)c1ccccc1NC(=O)n1ccnc1. The van der Waals surface area contributed by atoms with Gasteiger partial charge in [-0.15, -0.1) is 0 Å². The van der Waals surface area contributed by atoms with Crippen LogP contribution in [0.5, 0.6) is 0 Å². The normalized spacial score (nSPS) is 9.88. The molecule has 2 rings (SSSR count). The number of rotatable bonds is 2. The summed E-state index contributed by atoms with van der Waals surface area (Å²) in [5, 5.41) is 11.4. The van der Waals surface area contributed by atoms with Crippen LogP contribution in [0.4, 0.5) is 10.5 Å². The van der Waals surface area contributed by atoms with Crippen molar-refractivity contribution < 1.29 is 14.7 Å². The number of para-hydroxylation sites is 1. The predicted octanol–water partition coefficient (Wildman–Crippen LogP) is 1.66. The van der Waals surface area contributed by atoms with Crippen LogP contribution in [-0.4, -0.2) is 26.7 Å². The fourth-order valence-electron chi connectivity index (χ4n) is 1.34. The van der Waals surface area contributed by atoms with Gasteiger partial charge in [-0.3, -0.25) is 4.57 Å². The molecule has 0 fully saturated rings. The average Bonchev–Trinajstić information content (AvgIpc) is 2.83. The highest BCUT2D eigenvalue weighted by Gasteiger charge is 2.11. The molecule has 1 amide bonds. The summed E-state index contributed by atoms with van der Waals surface area (Å²) in [5.74, 6) is -1.09. The van der Waals surface area contributed by atoms with E-state index in [0.717, 1.165) is 0 Å². The lowest BCUT2D eigenvalue weighted by Crippen LogP contribution is -2.19. The number of amides is 1. The van der Waals surface area contributed by atoms with E-state index in [9.17, 15) is 9.59 Å². The molecule has 0 saturated carbocycles. The molecule has 6 nitrogen and oxygen atoms in total. The van der Waals surface area contributed by atoms with Crippen LogP contribution in [0.25, 0.3) is 0 Å². The molecule has 0 atom stereocenters. The van der Waals surface area contributed by atoms with Crippen molar-refractivity contribution in [2.45, 2.75) is 0 Å². The fraction of sp³-hybridized carbons (Fsp3) is 0. The molecule has 0 aliphatic rings. The Morgan fingerprint density at radius 1 is 1.29 bits per heavy atom. The molecule has 1 aromatic heterocycles. The number of carboxylic acids is 1. The van der Waals surface area contributed by atoms with E-state index in [4.69, 9.17) is 5.11 Å². The highest BCUT2D eigenvalue weighted by atomic mass is 16.4. The Morgan fingerprint density at radius 3 is 2.71 bits per heavy atom. The Kier molecular flexibility index (Phi) is 2.87. The van der Waals surface area contributed by atoms with Gasteiger partial charge in [0.1, 0.15) is 6.33 Å². The number of hydrogen-bond acceptors (Lipinski definition) is 3. The minimum atomic E-state index is -1.09. The first kappa shape index (κ1) is 10.9. The van der Waals surface area contributed by atoms with Crippen molar-refractivity contribution in [2.24, 2.45) is 0 Å². The maximum absolute atomic E-state index is 11.7. The number of aromatic nitrogens is 2. The summed E-state index contributed by atoms with van der Waals surface area (Å²) >= 11 is 0. The molecule has 0 saturated heterocycles. The zero-order valence-corrected chi connectivity index (χ0v) is 8.70. The molecular weight excluding hydrogens is 222 g/mol. The molecule has 2 N–H and O–H groups in total. The summed E-state index contributed by atoms with van der Waals surface area (Å²) in [4.78, 5) is 26.3. The molecule has 0 bridgehead atoms. The van der Waals surface area contributed by atoms with Crippen molar-refractivity contribution in [3.63, 3.8) is 0 Å². The Labute approximate surface area is 96.5 Å². The van der Waals surface area contributed by atoms with E-state index < -0.39 is 12.0 Å². The maximum Gasteiger partial charge on any atom is 0.337 e. The second-order valence-electron chi connectivity index (χ2n) is 3.25. The average molecular weight is 231 g/mol. The summed E-state index contributed by atoms with van der Waals surface area (Å²) < 4.78 is 1.22. The quantitative estimate of drug-likeness (QED) is 0.823. The molecule has 1 heterocycles. The van der Waals surface area contributed by atoms with Crippen molar-refractivity contribution in [2.75, 3.05) is 5.32 Å². The summed E-state index contributed by atoms with van der Waals surface area (Å²) in [7, 11) is 0. The standard InChI is InChI=1S/C11H9N3O3/c15-10(16)8-3-1-2-4-9(8)13-11(17)14-6-5-12-7-14/h1-7H,(H,13,17)(H,15,16). The number of benzene rings is 1. The van der Waals surface area contributed by atoms with Crippen molar-refractivity contribution in [1.29, 1.82) is 0 Å². The van der Waals surface area contributed by atoms with Crippen LogP contribution >= 0.6 is 0 Å². The van der Waals surface area contributed by atoms with Gasteiger partial charge < -0.3 is 10.4 Å². The molecular formula is C11H9N3O3. The monoisotopic (exact) mass is 231 g/mol. The van der Waals surface area contributed by atoms with Crippen molar-refractivity contribution in [3.8, 4) is 0 Å². The zero-order valence-electron chi connectivity index (χ0n) is 8.70. The van der Waals surface area contributed by atoms with Crippen molar-refractivity contribution in [1.82, 2.24) is 9.55 Å². The number of hydrogen-bond donors (Lipinski definition) is 2. The maximum atomic E-state index is 11.7. The summed E-state index contributed by atoms with van der Waals surface area (Å²) in [6.07, 6.45) is 4.26. The number of aromatic carboxylic acids is 1. The van der Waals surface area contributed by atoms with Crippen LogP contribution in [-0.2, 0) is 0 Å². The van der Waals surface area contributed by atoms with E-state index in [-0.39, 0.29) is 11.3 Å². The number of carboxylic acid groups (broad SMARTS) is 1. The molecule has 6 heteroatoms. The fourth-order valence-corrected chi connectivity index (χ4v) is 1.34. The first-order valence-corrected chi connectivity index (χ1v) is 4.80. The number of nitrogens with one attached hydrogen (secondary N) is 1. The van der Waals surface area contributed by atoms with Crippen LogP contribution in [0.1, 0.15) is 10.4 Å². The lowest BCUT2D eigenvalue weighted by atomic mass is 10.2. The second kappa shape index (κ2) is 4.48. The molecule has 86 valence electrons. The zero-order chi connectivity index (χ0) is 12.3. The number of carbonyl (C=O) groups excluding carboxylic acids is 1. The number of carbonyl (C=O) groups is 2. The van der Waals surface area contributed by atoms with Crippen LogP contribution in [0, 0.1) is 0 Å². The van der Waals surface area contributed by atoms with Gasteiger partial charge in [0.15, 0.2) is 0 Å². The van der Waals surface area contributed by atoms with E-state index in [1.54, 1.807) is 12.1 Å². The third kappa shape index (κ3) is 2.31. The van der Waals surface area contributed by atoms with Gasteiger partial charge in [-0.05, 0) is 12.1 Å². The summed E-state index contributed by atoms with van der Waals surface area (Å²) in [5.41, 5.74) is 0.291. The van der Waals surface area contributed by atoms with E-state index in [2.05, 4.69) is 10.3 Å².